The van der Waals surface area contributed by atoms with E-state index in [1.54, 1.807) is 19.1 Å². The number of amides is 1. The minimum absolute atomic E-state index is 0.00337. The van der Waals surface area contributed by atoms with Crippen LogP contribution in [0.2, 0.25) is 5.02 Å². The monoisotopic (exact) mass is 461 g/mol. The molecule has 3 heterocycles. The summed E-state index contributed by atoms with van der Waals surface area (Å²) in [6, 6.07) is 2.71. The second-order valence-corrected chi connectivity index (χ2v) is 11.4. The molecule has 1 aliphatic rings. The van der Waals surface area contributed by atoms with Crippen molar-refractivity contribution < 1.29 is 26.0 Å². The molecule has 3 rings (SSSR count). The zero-order valence-electron chi connectivity index (χ0n) is 15.6. The fraction of sp³-hybridized carbons (Fsp3) is 0.471. The molecule has 12 heteroatoms. The molecule has 29 heavy (non-hydrogen) atoms. The minimum atomic E-state index is -3.76. The van der Waals surface area contributed by atoms with Gasteiger partial charge in [-0.3, -0.25) is 4.79 Å². The fourth-order valence-corrected chi connectivity index (χ4v) is 6.17. The number of furan rings is 1. The van der Waals surface area contributed by atoms with Gasteiger partial charge in [0.25, 0.3) is 5.91 Å². The van der Waals surface area contributed by atoms with Crippen LogP contribution in [0.25, 0.3) is 0 Å². The summed E-state index contributed by atoms with van der Waals surface area (Å²) in [7, 11) is -7.03. The van der Waals surface area contributed by atoms with Crippen molar-refractivity contribution >= 4 is 37.2 Å². The first kappa shape index (κ1) is 21.7. The maximum absolute atomic E-state index is 13.2. The summed E-state index contributed by atoms with van der Waals surface area (Å²) in [5.74, 6) is -0.620. The number of aromatic nitrogens is 2. The van der Waals surface area contributed by atoms with E-state index in [2.05, 4.69) is 9.97 Å². The zero-order chi connectivity index (χ0) is 21.2. The van der Waals surface area contributed by atoms with Gasteiger partial charge < -0.3 is 9.32 Å². The summed E-state index contributed by atoms with van der Waals surface area (Å²) >= 11 is 6.10. The molecule has 0 saturated carbocycles. The third kappa shape index (κ3) is 4.96. The Morgan fingerprint density at radius 2 is 2.17 bits per heavy atom. The summed E-state index contributed by atoms with van der Waals surface area (Å²) < 4.78 is 53.8. The number of halogens is 1. The molecule has 1 atom stereocenters. The van der Waals surface area contributed by atoms with E-state index in [9.17, 15) is 21.6 Å². The number of nitrogens with zero attached hydrogens (tertiary/aromatic N) is 3. The second-order valence-electron chi connectivity index (χ2n) is 6.74. The first-order valence-corrected chi connectivity index (χ1v) is 12.8. The average molecular weight is 462 g/mol. The molecule has 2 aromatic rings. The Labute approximate surface area is 173 Å². The van der Waals surface area contributed by atoms with Crippen LogP contribution in [-0.4, -0.2) is 60.9 Å². The Morgan fingerprint density at radius 3 is 2.76 bits per heavy atom. The lowest BCUT2D eigenvalue weighted by Gasteiger charge is -2.27. The highest BCUT2D eigenvalue weighted by Crippen LogP contribution is 2.25. The Morgan fingerprint density at radius 1 is 1.41 bits per heavy atom. The Balaban J connectivity index is 1.99. The van der Waals surface area contributed by atoms with Gasteiger partial charge in [0.2, 0.25) is 15.0 Å². The average Bonchev–Trinajstić information content (AvgIpc) is 3.28. The SMILES string of the molecule is CCCS(=O)(=O)c1ncc(Cl)c(C(=O)N(Cc2ccco2)[C@@H]2CCS(=O)(=O)C2)n1. The van der Waals surface area contributed by atoms with Crippen molar-refractivity contribution in [2.75, 3.05) is 17.3 Å². The van der Waals surface area contributed by atoms with Crippen LogP contribution in [0.3, 0.4) is 0 Å². The Kier molecular flexibility index (Phi) is 6.30. The quantitative estimate of drug-likeness (QED) is 0.570. The van der Waals surface area contributed by atoms with E-state index in [4.69, 9.17) is 16.0 Å². The normalized spacial score (nSPS) is 18.6. The van der Waals surface area contributed by atoms with Crippen LogP contribution in [0, 0.1) is 0 Å². The summed E-state index contributed by atoms with van der Waals surface area (Å²) in [6.45, 7) is 1.70. The van der Waals surface area contributed by atoms with Gasteiger partial charge in [-0.2, -0.15) is 0 Å². The molecule has 0 bridgehead atoms. The molecule has 0 N–H and O–H groups in total. The van der Waals surface area contributed by atoms with E-state index in [0.29, 0.717) is 12.2 Å². The Bertz CT molecular complexity index is 1100. The number of rotatable bonds is 7. The molecule has 1 fully saturated rings. The van der Waals surface area contributed by atoms with Crippen LogP contribution in [0.1, 0.15) is 36.0 Å². The molecular formula is C17H20ClN3O6S2. The van der Waals surface area contributed by atoms with E-state index in [-0.39, 0.29) is 40.9 Å². The number of hydrogen-bond donors (Lipinski definition) is 0. The number of carbonyl (C=O) groups is 1. The largest absolute Gasteiger partial charge is 0.467 e. The maximum Gasteiger partial charge on any atom is 0.274 e. The maximum atomic E-state index is 13.2. The molecule has 158 valence electrons. The van der Waals surface area contributed by atoms with Crippen molar-refractivity contribution in [3.63, 3.8) is 0 Å². The van der Waals surface area contributed by atoms with Crippen LogP contribution in [0.15, 0.2) is 34.2 Å². The van der Waals surface area contributed by atoms with Crippen molar-refractivity contribution in [2.24, 2.45) is 0 Å². The summed E-state index contributed by atoms with van der Waals surface area (Å²) in [5.41, 5.74) is -0.285. The molecule has 0 spiro atoms. The molecule has 1 saturated heterocycles. The highest BCUT2D eigenvalue weighted by Gasteiger charge is 2.37. The third-order valence-electron chi connectivity index (χ3n) is 4.49. The predicted octanol–water partition coefficient (Wildman–Crippen LogP) is 1.74. The van der Waals surface area contributed by atoms with Gasteiger partial charge in [-0.1, -0.05) is 18.5 Å². The fourth-order valence-electron chi connectivity index (χ4n) is 3.11. The summed E-state index contributed by atoms with van der Waals surface area (Å²) in [5, 5.41) is -0.597. The lowest BCUT2D eigenvalue weighted by molar-refractivity contribution is 0.0659. The highest BCUT2D eigenvalue weighted by molar-refractivity contribution is 7.91. The van der Waals surface area contributed by atoms with E-state index >= 15 is 0 Å². The second kappa shape index (κ2) is 8.41. The molecule has 1 aliphatic heterocycles. The number of hydrogen-bond acceptors (Lipinski definition) is 8. The van der Waals surface area contributed by atoms with Gasteiger partial charge in [-0.15, -0.1) is 0 Å². The first-order valence-electron chi connectivity index (χ1n) is 8.92. The van der Waals surface area contributed by atoms with Gasteiger partial charge in [-0.25, -0.2) is 26.8 Å². The van der Waals surface area contributed by atoms with Crippen LogP contribution >= 0.6 is 11.6 Å². The van der Waals surface area contributed by atoms with Crippen LogP contribution in [-0.2, 0) is 26.2 Å². The predicted molar refractivity (Wildman–Crippen MR) is 105 cm³/mol. The van der Waals surface area contributed by atoms with Gasteiger partial charge in [0, 0.05) is 6.04 Å². The molecule has 0 aromatic carbocycles. The lowest BCUT2D eigenvalue weighted by Crippen LogP contribution is -2.41. The lowest BCUT2D eigenvalue weighted by atomic mass is 10.2. The molecule has 0 unspecified atom stereocenters. The highest BCUT2D eigenvalue weighted by atomic mass is 35.5. The van der Waals surface area contributed by atoms with E-state index < -0.39 is 36.8 Å². The van der Waals surface area contributed by atoms with Gasteiger partial charge in [0.15, 0.2) is 15.5 Å². The van der Waals surface area contributed by atoms with Crippen LogP contribution in [0.4, 0.5) is 0 Å². The van der Waals surface area contributed by atoms with E-state index in [1.165, 1.54) is 11.2 Å². The summed E-state index contributed by atoms with van der Waals surface area (Å²) in [6.07, 6.45) is 3.14. The van der Waals surface area contributed by atoms with Gasteiger partial charge in [-0.05, 0) is 25.0 Å². The molecule has 2 aromatic heterocycles. The van der Waals surface area contributed by atoms with E-state index in [0.717, 1.165) is 6.20 Å². The van der Waals surface area contributed by atoms with Crippen molar-refractivity contribution in [3.8, 4) is 0 Å². The van der Waals surface area contributed by atoms with E-state index in [1.807, 2.05) is 0 Å². The number of sulfone groups is 2. The van der Waals surface area contributed by atoms with Crippen molar-refractivity contribution in [3.05, 3.63) is 41.1 Å². The Hall–Kier alpha value is -1.98. The molecule has 0 radical (unpaired) electrons. The smallest absolute Gasteiger partial charge is 0.274 e. The van der Waals surface area contributed by atoms with Crippen LogP contribution in [0.5, 0.6) is 0 Å². The molecular weight excluding hydrogens is 442 g/mol. The topological polar surface area (TPSA) is 128 Å². The van der Waals surface area contributed by atoms with Gasteiger partial charge >= 0.3 is 0 Å². The van der Waals surface area contributed by atoms with Crippen molar-refractivity contribution in [1.29, 1.82) is 0 Å². The van der Waals surface area contributed by atoms with Gasteiger partial charge in [0.05, 0.1) is 41.3 Å². The minimum Gasteiger partial charge on any atom is -0.467 e. The standard InChI is InChI=1S/C17H20ClN3O6S2/c1-2-7-29(25,26)17-19-9-14(18)15(20-17)16(22)21(10-13-4-3-6-27-13)12-5-8-28(23,24)11-12/h3-4,6,9,12H,2,5,7-8,10-11H2,1H3/t12-/m1/s1. The van der Waals surface area contributed by atoms with Crippen molar-refractivity contribution in [2.45, 2.75) is 37.5 Å². The van der Waals surface area contributed by atoms with Crippen molar-refractivity contribution in [1.82, 2.24) is 14.9 Å². The molecule has 9 nitrogen and oxygen atoms in total. The summed E-state index contributed by atoms with van der Waals surface area (Å²) in [4.78, 5) is 22.2. The number of carbonyl (C=O) groups excluding carboxylic acids is 1. The van der Waals surface area contributed by atoms with Gasteiger partial charge in [0.1, 0.15) is 5.76 Å². The molecule has 0 aliphatic carbocycles. The zero-order valence-corrected chi connectivity index (χ0v) is 18.0. The van der Waals surface area contributed by atoms with Crippen LogP contribution < -0.4 is 0 Å². The first-order chi connectivity index (χ1) is 13.6. The molecule has 1 amide bonds. The third-order valence-corrected chi connectivity index (χ3v) is 8.22.